The van der Waals surface area contributed by atoms with Crippen molar-refractivity contribution in [2.45, 2.75) is 12.6 Å². The van der Waals surface area contributed by atoms with Crippen molar-refractivity contribution in [2.75, 3.05) is 34.9 Å². The monoisotopic (exact) mass is 474 g/mol. The summed E-state index contributed by atoms with van der Waals surface area (Å²) in [6, 6.07) is 9.57. The Morgan fingerprint density at radius 2 is 1.96 bits per heavy atom. The third-order valence-corrected chi connectivity index (χ3v) is 3.85. The number of aliphatic imine (C=N–C) groups is 1. The molecular weight excluding hydrogens is 447 g/mol. The summed E-state index contributed by atoms with van der Waals surface area (Å²) in [5.41, 5.74) is 6.97. The quantitative estimate of drug-likeness (QED) is 0.348. The fourth-order valence-electron chi connectivity index (χ4n) is 2.43. The van der Waals surface area contributed by atoms with Gasteiger partial charge in [-0.1, -0.05) is 6.07 Å². The molecule has 8 heteroatoms. The summed E-state index contributed by atoms with van der Waals surface area (Å²) >= 11 is 0. The van der Waals surface area contributed by atoms with Gasteiger partial charge in [-0.05, 0) is 43.9 Å². The Balaban J connectivity index is 0.00000338. The second-order valence-corrected chi connectivity index (χ2v) is 5.77. The number of rotatable bonds is 8. The molecule has 3 N–H and O–H groups in total. The van der Waals surface area contributed by atoms with Gasteiger partial charge in [-0.2, -0.15) is 0 Å². The zero-order valence-electron chi connectivity index (χ0n) is 15.6. The van der Waals surface area contributed by atoms with Gasteiger partial charge >= 0.3 is 0 Å². The van der Waals surface area contributed by atoms with Gasteiger partial charge in [0.2, 0.25) is 0 Å². The summed E-state index contributed by atoms with van der Waals surface area (Å²) in [4.78, 5) is 6.44. The summed E-state index contributed by atoms with van der Waals surface area (Å²) < 4.78 is 16.0. The second-order valence-electron chi connectivity index (χ2n) is 5.77. The minimum Gasteiger partial charge on any atom is -0.493 e. The lowest BCUT2D eigenvalue weighted by molar-refractivity contribution is 0.258. The van der Waals surface area contributed by atoms with Crippen molar-refractivity contribution >= 4 is 29.9 Å². The molecule has 1 atom stereocenters. The second kappa shape index (κ2) is 10.9. The van der Waals surface area contributed by atoms with E-state index in [2.05, 4.69) is 15.2 Å². The molecule has 0 amide bonds. The van der Waals surface area contributed by atoms with Crippen LogP contribution < -0.4 is 20.5 Å². The number of ether oxygens (including phenoxy) is 2. The van der Waals surface area contributed by atoms with Gasteiger partial charge < -0.3 is 24.9 Å². The van der Waals surface area contributed by atoms with Crippen LogP contribution in [-0.4, -0.2) is 45.7 Å². The molecule has 0 saturated heterocycles. The summed E-state index contributed by atoms with van der Waals surface area (Å²) in [5, 5.41) is 3.14. The van der Waals surface area contributed by atoms with Crippen LogP contribution in [0.2, 0.25) is 0 Å². The molecular formula is C18H27IN4O3. The first kappa shape index (κ1) is 22.1. The van der Waals surface area contributed by atoms with E-state index < -0.39 is 0 Å². The van der Waals surface area contributed by atoms with Crippen LogP contribution in [0.15, 0.2) is 46.0 Å². The lowest BCUT2D eigenvalue weighted by Crippen LogP contribution is -2.38. The SMILES string of the molecule is COc1ccc(CN=C(N)NCC(c2ccco2)N(C)C)cc1OC.I. The van der Waals surface area contributed by atoms with Gasteiger partial charge in [0.25, 0.3) is 0 Å². The van der Waals surface area contributed by atoms with Crippen LogP contribution in [0, 0.1) is 0 Å². The Kier molecular flexibility index (Phi) is 9.28. The largest absolute Gasteiger partial charge is 0.493 e. The molecule has 144 valence electrons. The molecule has 1 aromatic carbocycles. The van der Waals surface area contributed by atoms with Crippen LogP contribution in [0.25, 0.3) is 0 Å². The Morgan fingerprint density at radius 3 is 2.54 bits per heavy atom. The number of furan rings is 1. The molecule has 0 aliphatic heterocycles. The highest BCUT2D eigenvalue weighted by molar-refractivity contribution is 14.0. The lowest BCUT2D eigenvalue weighted by atomic mass is 10.2. The van der Waals surface area contributed by atoms with E-state index in [0.29, 0.717) is 30.5 Å². The van der Waals surface area contributed by atoms with Gasteiger partial charge in [-0.3, -0.25) is 4.90 Å². The number of likely N-dealkylation sites (N-methyl/N-ethyl adjacent to an activating group) is 1. The maximum atomic E-state index is 5.98. The minimum absolute atomic E-state index is 0. The first-order valence-corrected chi connectivity index (χ1v) is 7.99. The first-order valence-electron chi connectivity index (χ1n) is 7.99. The number of nitrogens with two attached hydrogens (primary N) is 1. The van der Waals surface area contributed by atoms with Gasteiger partial charge in [0.1, 0.15) is 5.76 Å². The molecule has 7 nitrogen and oxygen atoms in total. The van der Waals surface area contributed by atoms with Gasteiger partial charge in [-0.15, -0.1) is 24.0 Å². The highest BCUT2D eigenvalue weighted by Crippen LogP contribution is 2.27. The summed E-state index contributed by atoms with van der Waals surface area (Å²) in [5.74, 6) is 2.62. The van der Waals surface area contributed by atoms with Crippen molar-refractivity contribution in [3.63, 3.8) is 0 Å². The van der Waals surface area contributed by atoms with E-state index in [9.17, 15) is 0 Å². The average Bonchev–Trinajstić information content (AvgIpc) is 3.13. The van der Waals surface area contributed by atoms with Crippen LogP contribution in [0.4, 0.5) is 0 Å². The van der Waals surface area contributed by atoms with Crippen LogP contribution in [0.5, 0.6) is 11.5 Å². The molecule has 0 aliphatic carbocycles. The number of methoxy groups -OCH3 is 2. The van der Waals surface area contributed by atoms with Crippen LogP contribution in [0.1, 0.15) is 17.4 Å². The fourth-order valence-corrected chi connectivity index (χ4v) is 2.43. The summed E-state index contributed by atoms with van der Waals surface area (Å²) in [6.07, 6.45) is 1.67. The van der Waals surface area contributed by atoms with Crippen LogP contribution >= 0.6 is 24.0 Å². The third kappa shape index (κ3) is 6.10. The molecule has 2 aromatic rings. The molecule has 0 bridgehead atoms. The third-order valence-electron chi connectivity index (χ3n) is 3.85. The Labute approximate surface area is 171 Å². The predicted octanol–water partition coefficient (Wildman–Crippen LogP) is 2.62. The van der Waals surface area contributed by atoms with E-state index >= 15 is 0 Å². The van der Waals surface area contributed by atoms with E-state index in [1.165, 1.54) is 0 Å². The topological polar surface area (TPSA) is 85.2 Å². The van der Waals surface area contributed by atoms with Gasteiger partial charge in [0, 0.05) is 6.54 Å². The van der Waals surface area contributed by atoms with E-state index in [-0.39, 0.29) is 30.0 Å². The van der Waals surface area contributed by atoms with Crippen molar-refractivity contribution in [3.05, 3.63) is 47.9 Å². The normalized spacial score (nSPS) is 12.4. The maximum Gasteiger partial charge on any atom is 0.188 e. The smallest absolute Gasteiger partial charge is 0.188 e. The molecule has 0 aliphatic rings. The zero-order chi connectivity index (χ0) is 18.2. The molecule has 0 radical (unpaired) electrons. The van der Waals surface area contributed by atoms with Crippen LogP contribution in [0.3, 0.4) is 0 Å². The van der Waals surface area contributed by atoms with Crippen molar-refractivity contribution in [3.8, 4) is 11.5 Å². The van der Waals surface area contributed by atoms with E-state index in [0.717, 1.165) is 11.3 Å². The predicted molar refractivity (Wildman–Crippen MR) is 113 cm³/mol. The highest BCUT2D eigenvalue weighted by atomic mass is 127. The van der Waals surface area contributed by atoms with Crippen molar-refractivity contribution in [1.29, 1.82) is 0 Å². The van der Waals surface area contributed by atoms with Gasteiger partial charge in [0.05, 0.1) is 33.1 Å². The Hall–Kier alpha value is -1.94. The van der Waals surface area contributed by atoms with E-state index in [4.69, 9.17) is 19.6 Å². The van der Waals surface area contributed by atoms with Crippen molar-refractivity contribution in [2.24, 2.45) is 10.7 Å². The lowest BCUT2D eigenvalue weighted by Gasteiger charge is -2.22. The Bertz CT molecular complexity index is 690. The standard InChI is InChI=1S/C18H26N4O3.HI/c1-22(2)14(15-6-5-9-25-15)12-21-18(19)20-11-13-7-8-16(23-3)17(10-13)24-4;/h5-10,14H,11-12H2,1-4H3,(H3,19,20,21);1H. The molecule has 0 fully saturated rings. The molecule has 1 unspecified atom stereocenters. The average molecular weight is 474 g/mol. The molecule has 26 heavy (non-hydrogen) atoms. The minimum atomic E-state index is 0. The van der Waals surface area contributed by atoms with Gasteiger partial charge in [-0.25, -0.2) is 4.99 Å². The van der Waals surface area contributed by atoms with E-state index in [1.54, 1.807) is 20.5 Å². The Morgan fingerprint density at radius 1 is 1.23 bits per heavy atom. The maximum absolute atomic E-state index is 5.98. The van der Waals surface area contributed by atoms with Gasteiger partial charge in [0.15, 0.2) is 17.5 Å². The number of halogens is 1. The molecule has 1 aromatic heterocycles. The molecule has 2 rings (SSSR count). The van der Waals surface area contributed by atoms with E-state index in [1.807, 2.05) is 44.4 Å². The number of hydrogen-bond acceptors (Lipinski definition) is 5. The molecule has 1 heterocycles. The number of nitrogens with one attached hydrogen (secondary N) is 1. The number of guanidine groups is 1. The molecule has 0 saturated carbocycles. The number of nitrogens with zero attached hydrogens (tertiary/aromatic N) is 2. The summed E-state index contributed by atoms with van der Waals surface area (Å²) in [7, 11) is 7.20. The fraction of sp³-hybridized carbons (Fsp3) is 0.389. The number of hydrogen-bond donors (Lipinski definition) is 2. The highest BCUT2D eigenvalue weighted by Gasteiger charge is 2.16. The number of benzene rings is 1. The van der Waals surface area contributed by atoms with Crippen LogP contribution in [-0.2, 0) is 6.54 Å². The first-order chi connectivity index (χ1) is 12.0. The summed E-state index contributed by atoms with van der Waals surface area (Å²) in [6.45, 7) is 1.05. The van der Waals surface area contributed by atoms with Crippen molar-refractivity contribution in [1.82, 2.24) is 10.2 Å². The molecule has 0 spiro atoms. The zero-order valence-corrected chi connectivity index (χ0v) is 17.9. The van der Waals surface area contributed by atoms with Crippen molar-refractivity contribution < 1.29 is 13.9 Å².